The van der Waals surface area contributed by atoms with Crippen LogP contribution in [0.3, 0.4) is 0 Å². The highest BCUT2D eigenvalue weighted by atomic mass is 32.2. The third kappa shape index (κ3) is 2.95. The molecule has 0 saturated carbocycles. The SMILES string of the molecule is CC(C)C(C)S(=O)CC(=O)c1coc2ccccc12. The Morgan fingerprint density at radius 2 is 1.95 bits per heavy atom. The van der Waals surface area contributed by atoms with Gasteiger partial charge in [-0.2, -0.15) is 0 Å². The number of hydrogen-bond donors (Lipinski definition) is 0. The Kier molecular flexibility index (Phi) is 4.20. The normalized spacial score (nSPS) is 14.7. The number of carbonyl (C=O) groups is 1. The summed E-state index contributed by atoms with van der Waals surface area (Å²) in [4.78, 5) is 12.2. The van der Waals surface area contributed by atoms with E-state index >= 15 is 0 Å². The predicted octanol–water partition coefficient (Wildman–Crippen LogP) is 3.41. The lowest BCUT2D eigenvalue weighted by molar-refractivity contribution is 0.102. The topological polar surface area (TPSA) is 47.3 Å². The minimum atomic E-state index is -1.14. The largest absolute Gasteiger partial charge is 0.464 e. The number of hydrogen-bond acceptors (Lipinski definition) is 3. The number of carbonyl (C=O) groups excluding carboxylic acids is 1. The summed E-state index contributed by atoms with van der Waals surface area (Å²) in [5.41, 5.74) is 1.22. The predicted molar refractivity (Wildman–Crippen MR) is 77.9 cm³/mol. The molecule has 0 aliphatic carbocycles. The molecule has 1 heterocycles. The molecule has 0 bridgehead atoms. The molecule has 2 aromatic rings. The van der Waals surface area contributed by atoms with E-state index in [2.05, 4.69) is 0 Å². The Bertz CT molecular complexity index is 613. The van der Waals surface area contributed by atoms with Gasteiger partial charge in [0.2, 0.25) is 0 Å². The molecule has 0 saturated heterocycles. The van der Waals surface area contributed by atoms with Crippen LogP contribution in [0.2, 0.25) is 0 Å². The van der Waals surface area contributed by atoms with Crippen LogP contribution in [0.1, 0.15) is 31.1 Å². The number of Topliss-reactive ketones (excluding diaryl/α,β-unsaturated/α-hetero) is 1. The van der Waals surface area contributed by atoms with Crippen LogP contribution in [0, 0.1) is 5.92 Å². The van der Waals surface area contributed by atoms with Crippen LogP contribution in [0.5, 0.6) is 0 Å². The van der Waals surface area contributed by atoms with Crippen LogP contribution in [0.15, 0.2) is 34.9 Å². The van der Waals surface area contributed by atoms with Gasteiger partial charge < -0.3 is 4.42 Å². The number of furan rings is 1. The number of fused-ring (bicyclic) bond motifs is 1. The minimum absolute atomic E-state index is 0.0158. The van der Waals surface area contributed by atoms with Crippen LogP contribution in [-0.2, 0) is 10.8 Å². The Morgan fingerprint density at radius 3 is 2.63 bits per heavy atom. The molecule has 2 rings (SSSR count). The van der Waals surface area contributed by atoms with E-state index in [-0.39, 0.29) is 16.8 Å². The van der Waals surface area contributed by atoms with Gasteiger partial charge in [0.1, 0.15) is 11.8 Å². The standard InChI is InChI=1S/C15H18O3S/c1-10(2)11(3)19(17)9-14(16)13-8-18-15-7-5-4-6-12(13)15/h4-8,10-11H,9H2,1-3H3. The van der Waals surface area contributed by atoms with Crippen LogP contribution in [0.25, 0.3) is 11.0 Å². The highest BCUT2D eigenvalue weighted by Gasteiger charge is 2.21. The second-order valence-electron chi connectivity index (χ2n) is 5.04. The van der Waals surface area contributed by atoms with Gasteiger partial charge >= 0.3 is 0 Å². The number of para-hydroxylation sites is 1. The van der Waals surface area contributed by atoms with Crippen LogP contribution in [-0.4, -0.2) is 21.0 Å². The van der Waals surface area contributed by atoms with Crippen LogP contribution < -0.4 is 0 Å². The van der Waals surface area contributed by atoms with E-state index in [1.807, 2.05) is 45.0 Å². The first-order chi connectivity index (χ1) is 9.00. The van der Waals surface area contributed by atoms with Gasteiger partial charge in [0.25, 0.3) is 0 Å². The van der Waals surface area contributed by atoms with E-state index in [0.29, 0.717) is 17.1 Å². The zero-order valence-electron chi connectivity index (χ0n) is 11.4. The Labute approximate surface area is 115 Å². The fourth-order valence-electron chi connectivity index (χ4n) is 1.84. The molecule has 4 heteroatoms. The third-order valence-electron chi connectivity index (χ3n) is 3.41. The molecule has 0 amide bonds. The van der Waals surface area contributed by atoms with Crippen molar-refractivity contribution in [2.24, 2.45) is 5.92 Å². The first-order valence-corrected chi connectivity index (χ1v) is 7.75. The van der Waals surface area contributed by atoms with Crippen molar-refractivity contribution in [2.45, 2.75) is 26.0 Å². The summed E-state index contributed by atoms with van der Waals surface area (Å²) in [6, 6.07) is 7.39. The van der Waals surface area contributed by atoms with Crippen molar-refractivity contribution in [1.29, 1.82) is 0 Å². The summed E-state index contributed by atoms with van der Waals surface area (Å²) >= 11 is 0. The smallest absolute Gasteiger partial charge is 0.179 e. The summed E-state index contributed by atoms with van der Waals surface area (Å²) in [5, 5.41) is 0.809. The Balaban J connectivity index is 2.19. The average molecular weight is 278 g/mol. The zero-order chi connectivity index (χ0) is 14.0. The fraction of sp³-hybridized carbons (Fsp3) is 0.400. The minimum Gasteiger partial charge on any atom is -0.464 e. The van der Waals surface area contributed by atoms with Crippen molar-refractivity contribution in [2.75, 3.05) is 5.75 Å². The maximum Gasteiger partial charge on any atom is 0.179 e. The van der Waals surface area contributed by atoms with Gasteiger partial charge in [0.15, 0.2) is 5.78 Å². The van der Waals surface area contributed by atoms with E-state index in [1.165, 1.54) is 6.26 Å². The summed E-state index contributed by atoms with van der Waals surface area (Å²) < 4.78 is 17.4. The van der Waals surface area contributed by atoms with Crippen molar-refractivity contribution < 1.29 is 13.4 Å². The van der Waals surface area contributed by atoms with Crippen molar-refractivity contribution in [3.63, 3.8) is 0 Å². The lowest BCUT2D eigenvalue weighted by atomic mass is 10.1. The van der Waals surface area contributed by atoms with E-state index in [4.69, 9.17) is 4.42 Å². The number of benzene rings is 1. The monoisotopic (exact) mass is 278 g/mol. The second kappa shape index (κ2) is 5.70. The molecule has 0 radical (unpaired) electrons. The molecule has 1 aromatic carbocycles. The van der Waals surface area contributed by atoms with Gasteiger partial charge in [-0.25, -0.2) is 0 Å². The van der Waals surface area contributed by atoms with Gasteiger partial charge in [-0.1, -0.05) is 39.0 Å². The summed E-state index contributed by atoms with van der Waals surface area (Å²) in [7, 11) is -1.14. The maximum atomic E-state index is 12.2. The molecule has 19 heavy (non-hydrogen) atoms. The first kappa shape index (κ1) is 14.0. The first-order valence-electron chi connectivity index (χ1n) is 6.37. The molecule has 2 unspecified atom stereocenters. The van der Waals surface area contributed by atoms with Crippen molar-refractivity contribution in [3.8, 4) is 0 Å². The van der Waals surface area contributed by atoms with E-state index in [0.717, 1.165) is 5.39 Å². The second-order valence-corrected chi connectivity index (χ2v) is 6.84. The van der Waals surface area contributed by atoms with Gasteiger partial charge in [-0.15, -0.1) is 0 Å². The molecule has 0 spiro atoms. The molecule has 0 aliphatic rings. The number of ketones is 1. The highest BCUT2D eigenvalue weighted by Crippen LogP contribution is 2.22. The van der Waals surface area contributed by atoms with Crippen LogP contribution in [0.4, 0.5) is 0 Å². The number of rotatable bonds is 5. The Morgan fingerprint density at radius 1 is 1.26 bits per heavy atom. The van der Waals surface area contributed by atoms with Crippen molar-refractivity contribution in [3.05, 3.63) is 36.1 Å². The molecule has 0 aliphatic heterocycles. The highest BCUT2D eigenvalue weighted by molar-refractivity contribution is 7.86. The molecule has 0 N–H and O–H groups in total. The van der Waals surface area contributed by atoms with E-state index < -0.39 is 10.8 Å². The van der Waals surface area contributed by atoms with Crippen molar-refractivity contribution >= 4 is 27.6 Å². The fourth-order valence-corrected chi connectivity index (χ4v) is 3.12. The lowest BCUT2D eigenvalue weighted by Gasteiger charge is -2.14. The quantitative estimate of drug-likeness (QED) is 0.787. The summed E-state index contributed by atoms with van der Waals surface area (Å²) in [5.74, 6) is 0.244. The maximum absolute atomic E-state index is 12.2. The van der Waals surface area contributed by atoms with E-state index in [9.17, 15) is 9.00 Å². The molecule has 3 nitrogen and oxygen atoms in total. The van der Waals surface area contributed by atoms with Gasteiger partial charge in [-0.05, 0) is 12.0 Å². The molecular weight excluding hydrogens is 260 g/mol. The van der Waals surface area contributed by atoms with Gasteiger partial charge in [-0.3, -0.25) is 9.00 Å². The van der Waals surface area contributed by atoms with Crippen LogP contribution >= 0.6 is 0 Å². The van der Waals surface area contributed by atoms with E-state index in [1.54, 1.807) is 0 Å². The zero-order valence-corrected chi connectivity index (χ0v) is 12.2. The molecule has 2 atom stereocenters. The molecule has 102 valence electrons. The molecule has 1 aromatic heterocycles. The Hall–Kier alpha value is -1.42. The lowest BCUT2D eigenvalue weighted by Crippen LogP contribution is -2.23. The summed E-state index contributed by atoms with van der Waals surface area (Å²) in [6.45, 7) is 5.95. The molecule has 0 fully saturated rings. The molecular formula is C15H18O3S. The summed E-state index contributed by atoms with van der Waals surface area (Å²) in [6.07, 6.45) is 1.46. The average Bonchev–Trinajstić information content (AvgIpc) is 2.81. The van der Waals surface area contributed by atoms with Gasteiger partial charge in [0.05, 0.1) is 11.3 Å². The van der Waals surface area contributed by atoms with Crippen molar-refractivity contribution in [1.82, 2.24) is 0 Å². The van der Waals surface area contributed by atoms with Gasteiger partial charge in [0, 0.05) is 21.4 Å². The third-order valence-corrected chi connectivity index (χ3v) is 5.33.